The lowest BCUT2D eigenvalue weighted by molar-refractivity contribution is 0.507. The minimum atomic E-state index is 0.0549. The van der Waals surface area contributed by atoms with Gasteiger partial charge in [0, 0.05) is 44.5 Å². The molecular formula is C18H26N4. The molecule has 2 rings (SSSR count). The van der Waals surface area contributed by atoms with Crippen LogP contribution in [0, 0.1) is 0 Å². The molecule has 0 fully saturated rings. The fourth-order valence-electron chi connectivity index (χ4n) is 2.34. The zero-order chi connectivity index (χ0) is 15.8. The van der Waals surface area contributed by atoms with Gasteiger partial charge in [0.15, 0.2) is 5.96 Å². The minimum absolute atomic E-state index is 0.0549. The SMILES string of the molecule is CN=C(NCCn1cccc1)NCC(C)(C)c1ccccc1. The maximum absolute atomic E-state index is 4.29. The molecule has 1 heterocycles. The average Bonchev–Trinajstić information content (AvgIpc) is 3.05. The lowest BCUT2D eigenvalue weighted by Crippen LogP contribution is -2.44. The monoisotopic (exact) mass is 298 g/mol. The number of nitrogens with one attached hydrogen (secondary N) is 2. The van der Waals surface area contributed by atoms with Gasteiger partial charge in [-0.25, -0.2) is 0 Å². The highest BCUT2D eigenvalue weighted by Crippen LogP contribution is 2.21. The third-order valence-corrected chi connectivity index (χ3v) is 3.81. The first-order valence-corrected chi connectivity index (χ1v) is 7.72. The van der Waals surface area contributed by atoms with Gasteiger partial charge in [-0.15, -0.1) is 0 Å². The van der Waals surface area contributed by atoms with E-state index in [0.717, 1.165) is 25.6 Å². The number of guanidine groups is 1. The number of aliphatic imine (C=N–C) groups is 1. The van der Waals surface area contributed by atoms with Crippen molar-refractivity contribution in [3.05, 3.63) is 60.4 Å². The van der Waals surface area contributed by atoms with Crippen LogP contribution in [0.1, 0.15) is 19.4 Å². The van der Waals surface area contributed by atoms with Crippen molar-refractivity contribution in [3.8, 4) is 0 Å². The Kier molecular flexibility index (Phi) is 5.64. The Morgan fingerprint density at radius 1 is 1.05 bits per heavy atom. The molecule has 0 saturated carbocycles. The van der Waals surface area contributed by atoms with E-state index in [4.69, 9.17) is 0 Å². The predicted molar refractivity (Wildman–Crippen MR) is 93.3 cm³/mol. The largest absolute Gasteiger partial charge is 0.356 e. The van der Waals surface area contributed by atoms with E-state index in [0.29, 0.717) is 0 Å². The van der Waals surface area contributed by atoms with Crippen LogP contribution < -0.4 is 10.6 Å². The van der Waals surface area contributed by atoms with Gasteiger partial charge < -0.3 is 15.2 Å². The summed E-state index contributed by atoms with van der Waals surface area (Å²) < 4.78 is 2.15. The fraction of sp³-hybridized carbons (Fsp3) is 0.389. The summed E-state index contributed by atoms with van der Waals surface area (Å²) in [4.78, 5) is 4.29. The van der Waals surface area contributed by atoms with Crippen LogP contribution >= 0.6 is 0 Å². The van der Waals surface area contributed by atoms with Gasteiger partial charge >= 0.3 is 0 Å². The van der Waals surface area contributed by atoms with E-state index in [1.807, 2.05) is 12.1 Å². The fourth-order valence-corrected chi connectivity index (χ4v) is 2.34. The molecule has 0 aliphatic rings. The molecule has 1 aromatic carbocycles. The number of benzene rings is 1. The Morgan fingerprint density at radius 3 is 2.36 bits per heavy atom. The number of aromatic nitrogens is 1. The molecule has 118 valence electrons. The van der Waals surface area contributed by atoms with E-state index in [1.165, 1.54) is 5.56 Å². The van der Waals surface area contributed by atoms with E-state index >= 15 is 0 Å². The molecular weight excluding hydrogens is 272 g/mol. The second-order valence-corrected chi connectivity index (χ2v) is 6.02. The summed E-state index contributed by atoms with van der Waals surface area (Å²) in [6.45, 7) is 7.08. The van der Waals surface area contributed by atoms with Gasteiger partial charge in [0.1, 0.15) is 0 Å². The van der Waals surface area contributed by atoms with Crippen LogP contribution in [0.3, 0.4) is 0 Å². The van der Waals surface area contributed by atoms with Crippen molar-refractivity contribution < 1.29 is 0 Å². The lowest BCUT2D eigenvalue weighted by atomic mass is 9.85. The van der Waals surface area contributed by atoms with Crippen molar-refractivity contribution in [1.82, 2.24) is 15.2 Å². The quantitative estimate of drug-likeness (QED) is 0.636. The smallest absolute Gasteiger partial charge is 0.191 e. The standard InChI is InChI=1S/C18H26N4/c1-18(2,16-9-5-4-6-10-16)15-21-17(19-3)20-11-14-22-12-7-8-13-22/h4-10,12-13H,11,14-15H2,1-3H3,(H2,19,20,21). The van der Waals surface area contributed by atoms with Gasteiger partial charge in [0.05, 0.1) is 0 Å². The molecule has 0 aliphatic heterocycles. The first-order chi connectivity index (χ1) is 10.6. The van der Waals surface area contributed by atoms with E-state index < -0.39 is 0 Å². The van der Waals surface area contributed by atoms with Gasteiger partial charge in [-0.1, -0.05) is 44.2 Å². The van der Waals surface area contributed by atoms with E-state index in [1.54, 1.807) is 7.05 Å². The van der Waals surface area contributed by atoms with Gasteiger partial charge in [0.2, 0.25) is 0 Å². The topological polar surface area (TPSA) is 41.4 Å². The summed E-state index contributed by atoms with van der Waals surface area (Å²) in [5.74, 6) is 0.844. The van der Waals surface area contributed by atoms with Crippen LogP contribution in [-0.4, -0.2) is 30.7 Å². The number of rotatable bonds is 6. The third kappa shape index (κ3) is 4.65. The normalized spacial score (nSPS) is 12.2. The highest BCUT2D eigenvalue weighted by molar-refractivity contribution is 5.79. The van der Waals surface area contributed by atoms with Crippen LogP contribution in [0.2, 0.25) is 0 Å². The van der Waals surface area contributed by atoms with Crippen LogP contribution in [0.25, 0.3) is 0 Å². The summed E-state index contributed by atoms with van der Waals surface area (Å²) in [5.41, 5.74) is 1.38. The summed E-state index contributed by atoms with van der Waals surface area (Å²) in [6, 6.07) is 14.6. The van der Waals surface area contributed by atoms with Crippen LogP contribution in [0.4, 0.5) is 0 Å². The van der Waals surface area contributed by atoms with Crippen LogP contribution in [-0.2, 0) is 12.0 Å². The number of hydrogen-bond donors (Lipinski definition) is 2. The van der Waals surface area contributed by atoms with Gasteiger partial charge in [-0.3, -0.25) is 4.99 Å². The van der Waals surface area contributed by atoms with E-state index in [9.17, 15) is 0 Å². The zero-order valence-corrected chi connectivity index (χ0v) is 13.7. The molecule has 0 unspecified atom stereocenters. The summed E-state index contributed by atoms with van der Waals surface area (Å²) in [5, 5.41) is 6.77. The van der Waals surface area contributed by atoms with E-state index in [-0.39, 0.29) is 5.41 Å². The molecule has 0 saturated heterocycles. The molecule has 22 heavy (non-hydrogen) atoms. The molecule has 0 radical (unpaired) electrons. The second-order valence-electron chi connectivity index (χ2n) is 6.02. The molecule has 0 aliphatic carbocycles. The molecule has 1 aromatic heterocycles. The third-order valence-electron chi connectivity index (χ3n) is 3.81. The van der Waals surface area contributed by atoms with Crippen LogP contribution in [0.15, 0.2) is 59.9 Å². The Labute approximate surface area is 133 Å². The molecule has 0 atom stereocenters. The van der Waals surface area contributed by atoms with Gasteiger partial charge in [-0.05, 0) is 17.7 Å². The Bertz CT molecular complexity index is 570. The van der Waals surface area contributed by atoms with Crippen molar-refractivity contribution in [2.45, 2.75) is 25.8 Å². The lowest BCUT2D eigenvalue weighted by Gasteiger charge is -2.26. The maximum atomic E-state index is 4.29. The highest BCUT2D eigenvalue weighted by atomic mass is 15.2. The number of hydrogen-bond acceptors (Lipinski definition) is 1. The van der Waals surface area contributed by atoms with Crippen molar-refractivity contribution in [1.29, 1.82) is 0 Å². The minimum Gasteiger partial charge on any atom is -0.356 e. The molecule has 4 nitrogen and oxygen atoms in total. The molecule has 4 heteroatoms. The molecule has 0 spiro atoms. The molecule has 0 bridgehead atoms. The van der Waals surface area contributed by atoms with Gasteiger partial charge in [-0.2, -0.15) is 0 Å². The van der Waals surface area contributed by atoms with Crippen molar-refractivity contribution >= 4 is 5.96 Å². The van der Waals surface area contributed by atoms with Crippen molar-refractivity contribution in [2.75, 3.05) is 20.1 Å². The predicted octanol–water partition coefficient (Wildman–Crippen LogP) is 2.63. The molecule has 2 N–H and O–H groups in total. The van der Waals surface area contributed by atoms with Gasteiger partial charge in [0.25, 0.3) is 0 Å². The maximum Gasteiger partial charge on any atom is 0.191 e. The molecule has 2 aromatic rings. The number of nitrogens with zero attached hydrogens (tertiary/aromatic N) is 2. The van der Waals surface area contributed by atoms with E-state index in [2.05, 4.69) is 76.8 Å². The van der Waals surface area contributed by atoms with Crippen molar-refractivity contribution in [3.63, 3.8) is 0 Å². The summed E-state index contributed by atoms with van der Waals surface area (Å²) in [6.07, 6.45) is 4.13. The zero-order valence-electron chi connectivity index (χ0n) is 13.7. The highest BCUT2D eigenvalue weighted by Gasteiger charge is 2.20. The Morgan fingerprint density at radius 2 is 1.73 bits per heavy atom. The summed E-state index contributed by atoms with van der Waals surface area (Å²) in [7, 11) is 1.81. The molecule has 0 amide bonds. The first-order valence-electron chi connectivity index (χ1n) is 7.72. The Hall–Kier alpha value is -2.23. The second kappa shape index (κ2) is 7.69. The Balaban J connectivity index is 1.80. The van der Waals surface area contributed by atoms with Crippen LogP contribution in [0.5, 0.6) is 0 Å². The first kappa shape index (κ1) is 16.1. The summed E-state index contributed by atoms with van der Waals surface area (Å²) >= 11 is 0. The van der Waals surface area contributed by atoms with Crippen molar-refractivity contribution in [2.24, 2.45) is 4.99 Å². The average molecular weight is 298 g/mol.